The van der Waals surface area contributed by atoms with Crippen molar-refractivity contribution in [3.05, 3.63) is 23.7 Å². The number of aryl methyl sites for hydroxylation is 1. The van der Waals surface area contributed by atoms with Gasteiger partial charge < -0.3 is 19.4 Å². The molecule has 25 heavy (non-hydrogen) atoms. The van der Waals surface area contributed by atoms with Gasteiger partial charge in [0.1, 0.15) is 5.76 Å². The van der Waals surface area contributed by atoms with E-state index in [1.54, 1.807) is 19.3 Å². The van der Waals surface area contributed by atoms with E-state index in [4.69, 9.17) is 9.15 Å². The highest BCUT2D eigenvalue weighted by Crippen LogP contribution is 2.45. The fraction of sp³-hybridized carbons (Fsp3) is 0.684. The maximum Gasteiger partial charge on any atom is 0.257 e. The van der Waals surface area contributed by atoms with Crippen LogP contribution in [0.5, 0.6) is 0 Å². The van der Waals surface area contributed by atoms with Gasteiger partial charge in [-0.3, -0.25) is 9.59 Å². The molecule has 3 heterocycles. The van der Waals surface area contributed by atoms with Gasteiger partial charge in [0.2, 0.25) is 5.91 Å². The predicted molar refractivity (Wildman–Crippen MR) is 91.1 cm³/mol. The van der Waals surface area contributed by atoms with Crippen LogP contribution in [-0.2, 0) is 9.53 Å². The van der Waals surface area contributed by atoms with Crippen molar-refractivity contribution in [3.63, 3.8) is 0 Å². The van der Waals surface area contributed by atoms with E-state index >= 15 is 0 Å². The summed E-state index contributed by atoms with van der Waals surface area (Å²) in [5.74, 6) is 1.21. The minimum absolute atomic E-state index is 0.0328. The monoisotopic (exact) mass is 346 g/mol. The number of carbonyl (C=O) groups is 2. The van der Waals surface area contributed by atoms with E-state index in [2.05, 4.69) is 5.32 Å². The third-order valence-electron chi connectivity index (χ3n) is 6.09. The van der Waals surface area contributed by atoms with Crippen LogP contribution in [0.2, 0.25) is 0 Å². The molecule has 1 aromatic heterocycles. The van der Waals surface area contributed by atoms with E-state index in [0.29, 0.717) is 43.5 Å². The Bertz CT molecular complexity index is 658. The van der Waals surface area contributed by atoms with Crippen molar-refractivity contribution < 1.29 is 18.7 Å². The Hall–Kier alpha value is -1.82. The van der Waals surface area contributed by atoms with Gasteiger partial charge in [-0.2, -0.15) is 0 Å². The summed E-state index contributed by atoms with van der Waals surface area (Å²) >= 11 is 0. The zero-order chi connectivity index (χ0) is 17.4. The highest BCUT2D eigenvalue weighted by atomic mass is 16.5. The number of hydrogen-bond donors (Lipinski definition) is 1. The average Bonchev–Trinajstić information content (AvgIpc) is 3.25. The van der Waals surface area contributed by atoms with E-state index in [1.807, 2.05) is 4.90 Å². The molecule has 2 aliphatic heterocycles. The van der Waals surface area contributed by atoms with Crippen LogP contribution in [0.15, 0.2) is 16.7 Å². The van der Waals surface area contributed by atoms with Crippen molar-refractivity contribution in [3.8, 4) is 0 Å². The molecule has 1 saturated carbocycles. The molecule has 0 unspecified atom stereocenters. The van der Waals surface area contributed by atoms with Crippen LogP contribution in [-0.4, -0.2) is 49.6 Å². The number of likely N-dealkylation sites (tertiary alicyclic amines) is 1. The van der Waals surface area contributed by atoms with Gasteiger partial charge in [-0.1, -0.05) is 0 Å². The number of furan rings is 1. The third kappa shape index (κ3) is 3.19. The fourth-order valence-corrected chi connectivity index (χ4v) is 4.24. The Labute approximate surface area is 147 Å². The van der Waals surface area contributed by atoms with E-state index in [1.165, 1.54) is 12.8 Å². The van der Waals surface area contributed by atoms with Crippen LogP contribution in [0.25, 0.3) is 0 Å². The van der Waals surface area contributed by atoms with Crippen molar-refractivity contribution in [2.45, 2.75) is 32.6 Å². The molecular weight excluding hydrogens is 320 g/mol. The number of nitrogens with one attached hydrogen (secondary N) is 1. The van der Waals surface area contributed by atoms with Crippen LogP contribution < -0.4 is 5.32 Å². The minimum Gasteiger partial charge on any atom is -0.469 e. The van der Waals surface area contributed by atoms with Crippen molar-refractivity contribution in [2.24, 2.45) is 17.3 Å². The van der Waals surface area contributed by atoms with Gasteiger partial charge in [0.25, 0.3) is 5.91 Å². The van der Waals surface area contributed by atoms with Crippen molar-refractivity contribution in [1.29, 1.82) is 0 Å². The van der Waals surface area contributed by atoms with Crippen LogP contribution >= 0.6 is 0 Å². The van der Waals surface area contributed by atoms with E-state index in [0.717, 1.165) is 19.4 Å². The highest BCUT2D eigenvalue weighted by molar-refractivity contribution is 5.96. The molecule has 6 heteroatoms. The summed E-state index contributed by atoms with van der Waals surface area (Å²) in [6, 6.07) is 1.72. The molecule has 2 amide bonds. The maximum absolute atomic E-state index is 12.9. The largest absolute Gasteiger partial charge is 0.469 e. The quantitative estimate of drug-likeness (QED) is 0.905. The second-order valence-corrected chi connectivity index (χ2v) is 7.79. The van der Waals surface area contributed by atoms with E-state index in [-0.39, 0.29) is 23.1 Å². The van der Waals surface area contributed by atoms with Gasteiger partial charge in [-0.15, -0.1) is 0 Å². The number of nitrogens with zero attached hydrogens (tertiary/aromatic N) is 1. The normalized spacial score (nSPS) is 25.3. The predicted octanol–water partition coefficient (Wildman–Crippen LogP) is 1.98. The second-order valence-electron chi connectivity index (χ2n) is 7.79. The SMILES string of the molecule is Cc1occc1C(=O)N1C[C@H](C(=O)NCC2CC2)C2(CCOCC2)C1. The van der Waals surface area contributed by atoms with E-state index in [9.17, 15) is 9.59 Å². The molecule has 0 aromatic carbocycles. The number of carbonyl (C=O) groups excluding carboxylic acids is 2. The average molecular weight is 346 g/mol. The minimum atomic E-state index is -0.154. The zero-order valence-corrected chi connectivity index (χ0v) is 14.8. The molecule has 6 nitrogen and oxygen atoms in total. The first-order chi connectivity index (χ1) is 12.1. The van der Waals surface area contributed by atoms with Gasteiger partial charge in [-0.05, 0) is 44.6 Å². The van der Waals surface area contributed by atoms with Crippen LogP contribution in [0.1, 0.15) is 41.8 Å². The number of ether oxygens (including phenoxy) is 1. The molecule has 3 aliphatic rings. The van der Waals surface area contributed by atoms with E-state index < -0.39 is 0 Å². The lowest BCUT2D eigenvalue weighted by atomic mass is 9.71. The molecule has 0 bridgehead atoms. The molecule has 1 aromatic rings. The standard InChI is InChI=1S/C19H26N2O4/c1-13-15(4-7-25-13)18(23)21-11-16(17(22)20-10-14-2-3-14)19(12-21)5-8-24-9-6-19/h4,7,14,16H,2-3,5-6,8-12H2,1H3,(H,20,22)/t16-/m1/s1. The number of rotatable bonds is 4. The first-order valence-electron chi connectivity index (χ1n) is 9.28. The highest BCUT2D eigenvalue weighted by Gasteiger charge is 2.52. The molecule has 1 atom stereocenters. The lowest BCUT2D eigenvalue weighted by Gasteiger charge is -2.37. The molecule has 1 N–H and O–H groups in total. The summed E-state index contributed by atoms with van der Waals surface area (Å²) in [5.41, 5.74) is 0.445. The maximum atomic E-state index is 12.9. The summed E-state index contributed by atoms with van der Waals surface area (Å²) in [4.78, 5) is 27.6. The first kappa shape index (κ1) is 16.6. The summed E-state index contributed by atoms with van der Waals surface area (Å²) < 4.78 is 10.8. The smallest absolute Gasteiger partial charge is 0.257 e. The van der Waals surface area contributed by atoms with Gasteiger partial charge in [-0.25, -0.2) is 0 Å². The van der Waals surface area contributed by atoms with Crippen LogP contribution in [0, 0.1) is 24.2 Å². The first-order valence-corrected chi connectivity index (χ1v) is 9.28. The zero-order valence-electron chi connectivity index (χ0n) is 14.8. The topological polar surface area (TPSA) is 71.8 Å². The second kappa shape index (κ2) is 6.48. The summed E-state index contributed by atoms with van der Waals surface area (Å²) in [6.45, 7) is 5.02. The Morgan fingerprint density at radius 2 is 2.08 bits per heavy atom. The van der Waals surface area contributed by atoms with Crippen molar-refractivity contribution >= 4 is 11.8 Å². The Morgan fingerprint density at radius 1 is 1.32 bits per heavy atom. The number of hydrogen-bond acceptors (Lipinski definition) is 4. The lowest BCUT2D eigenvalue weighted by Crippen LogP contribution is -2.44. The molecule has 3 fully saturated rings. The summed E-state index contributed by atoms with van der Waals surface area (Å²) in [6.07, 6.45) is 5.65. The molecule has 0 radical (unpaired) electrons. The van der Waals surface area contributed by atoms with Crippen LogP contribution in [0.4, 0.5) is 0 Å². The van der Waals surface area contributed by atoms with Crippen molar-refractivity contribution in [2.75, 3.05) is 32.8 Å². The Balaban J connectivity index is 1.52. The molecule has 2 saturated heterocycles. The van der Waals surface area contributed by atoms with Crippen LogP contribution in [0.3, 0.4) is 0 Å². The Morgan fingerprint density at radius 3 is 2.72 bits per heavy atom. The summed E-state index contributed by atoms with van der Waals surface area (Å²) in [5, 5.41) is 3.13. The fourth-order valence-electron chi connectivity index (χ4n) is 4.24. The molecule has 136 valence electrons. The lowest BCUT2D eigenvalue weighted by molar-refractivity contribution is -0.129. The Kier molecular flexibility index (Phi) is 4.31. The van der Waals surface area contributed by atoms with Gasteiger partial charge >= 0.3 is 0 Å². The molecular formula is C19H26N2O4. The number of amides is 2. The van der Waals surface area contributed by atoms with Gasteiger partial charge in [0, 0.05) is 38.3 Å². The summed E-state index contributed by atoms with van der Waals surface area (Å²) in [7, 11) is 0. The van der Waals surface area contributed by atoms with Crippen molar-refractivity contribution in [1.82, 2.24) is 10.2 Å². The molecule has 1 spiro atoms. The van der Waals surface area contributed by atoms with Gasteiger partial charge in [0.15, 0.2) is 0 Å². The third-order valence-corrected chi connectivity index (χ3v) is 6.09. The molecule has 4 rings (SSSR count). The molecule has 1 aliphatic carbocycles. The van der Waals surface area contributed by atoms with Gasteiger partial charge in [0.05, 0.1) is 17.7 Å².